The minimum Gasteiger partial charge on any atom is -0.317 e. The van der Waals surface area contributed by atoms with E-state index in [1.165, 1.54) is 28.7 Å². The highest BCUT2D eigenvalue weighted by Crippen LogP contribution is 2.15. The Labute approximate surface area is 106 Å². The van der Waals surface area contributed by atoms with E-state index < -0.39 is 0 Å². The van der Waals surface area contributed by atoms with Gasteiger partial charge in [-0.1, -0.05) is 29.3 Å². The van der Waals surface area contributed by atoms with Crippen molar-refractivity contribution in [1.29, 1.82) is 0 Å². The molecule has 0 aliphatic carbocycles. The number of allylic oxidation sites excluding steroid dienone is 1. The first-order chi connectivity index (χ1) is 8.02. The van der Waals surface area contributed by atoms with Gasteiger partial charge in [-0.25, -0.2) is 0 Å². The van der Waals surface area contributed by atoms with E-state index in [4.69, 9.17) is 0 Å². The maximum absolute atomic E-state index is 3.97. The van der Waals surface area contributed by atoms with Gasteiger partial charge in [-0.05, 0) is 58.2 Å². The van der Waals surface area contributed by atoms with Crippen LogP contribution in [0.4, 0.5) is 0 Å². The van der Waals surface area contributed by atoms with Crippen LogP contribution in [-0.2, 0) is 6.42 Å². The molecule has 1 rings (SSSR count). The molecule has 0 aliphatic rings. The van der Waals surface area contributed by atoms with Crippen molar-refractivity contribution < 1.29 is 0 Å². The zero-order valence-corrected chi connectivity index (χ0v) is 11.6. The van der Waals surface area contributed by atoms with Crippen LogP contribution in [0, 0.1) is 13.8 Å². The van der Waals surface area contributed by atoms with Crippen molar-refractivity contribution in [2.24, 2.45) is 0 Å². The number of aryl methyl sites for hydroxylation is 2. The Kier molecular flexibility index (Phi) is 5.43. The van der Waals surface area contributed by atoms with E-state index in [0.717, 1.165) is 12.8 Å². The van der Waals surface area contributed by atoms with E-state index in [2.05, 4.69) is 50.9 Å². The summed E-state index contributed by atoms with van der Waals surface area (Å²) in [6.07, 6.45) is 3.38. The number of hydrogen-bond acceptors (Lipinski definition) is 1. The molecule has 0 spiro atoms. The molecule has 0 heterocycles. The molecule has 94 valence electrons. The summed E-state index contributed by atoms with van der Waals surface area (Å²) in [5.74, 6) is 0. The lowest BCUT2D eigenvalue weighted by Gasteiger charge is -2.18. The van der Waals surface area contributed by atoms with E-state index in [-0.39, 0.29) is 0 Å². The van der Waals surface area contributed by atoms with Crippen molar-refractivity contribution in [2.75, 3.05) is 7.05 Å². The molecule has 0 saturated carbocycles. The highest BCUT2D eigenvalue weighted by molar-refractivity contribution is 5.31. The number of hydrogen-bond donors (Lipinski definition) is 1. The van der Waals surface area contributed by atoms with E-state index in [1.54, 1.807) is 0 Å². The molecular formula is C16H25N. The van der Waals surface area contributed by atoms with Crippen molar-refractivity contribution >= 4 is 0 Å². The number of rotatable bonds is 6. The molecule has 0 aliphatic heterocycles. The maximum atomic E-state index is 3.97. The third-order valence-electron chi connectivity index (χ3n) is 3.30. The summed E-state index contributed by atoms with van der Waals surface area (Å²) in [6.45, 7) is 10.4. The smallest absolute Gasteiger partial charge is 0.0108 e. The van der Waals surface area contributed by atoms with E-state index in [1.807, 2.05) is 7.05 Å². The predicted molar refractivity (Wildman–Crippen MR) is 76.5 cm³/mol. The van der Waals surface area contributed by atoms with Crippen LogP contribution in [0.15, 0.2) is 30.4 Å². The Hall–Kier alpha value is -1.08. The predicted octanol–water partition coefficient (Wildman–Crippen LogP) is 3.79. The van der Waals surface area contributed by atoms with Crippen LogP contribution in [0.3, 0.4) is 0 Å². The molecular weight excluding hydrogens is 206 g/mol. The Bertz CT molecular complexity index is 379. The first-order valence-electron chi connectivity index (χ1n) is 6.40. The van der Waals surface area contributed by atoms with Gasteiger partial charge in [-0.3, -0.25) is 0 Å². The quantitative estimate of drug-likeness (QED) is 0.734. The summed E-state index contributed by atoms with van der Waals surface area (Å²) in [5.41, 5.74) is 5.48. The summed E-state index contributed by atoms with van der Waals surface area (Å²) in [7, 11) is 2.05. The standard InChI is InChI=1S/C16H25N/c1-12(2)6-9-16(17-5)11-15-10-13(3)7-8-14(15)4/h7-8,10,16-17H,1,6,9,11H2,2-5H3. The average Bonchev–Trinajstić information content (AvgIpc) is 2.28. The van der Waals surface area contributed by atoms with Gasteiger partial charge in [0.1, 0.15) is 0 Å². The van der Waals surface area contributed by atoms with Crippen molar-refractivity contribution in [3.8, 4) is 0 Å². The van der Waals surface area contributed by atoms with Crippen LogP contribution < -0.4 is 5.32 Å². The fraction of sp³-hybridized carbons (Fsp3) is 0.500. The first kappa shape index (κ1) is 14.0. The highest BCUT2D eigenvalue weighted by atomic mass is 14.9. The van der Waals surface area contributed by atoms with Crippen LogP contribution >= 0.6 is 0 Å². The summed E-state index contributed by atoms with van der Waals surface area (Å²) in [6, 6.07) is 7.25. The van der Waals surface area contributed by atoms with Gasteiger partial charge in [-0.15, -0.1) is 6.58 Å². The van der Waals surface area contributed by atoms with E-state index in [9.17, 15) is 0 Å². The largest absolute Gasteiger partial charge is 0.317 e. The molecule has 0 bridgehead atoms. The highest BCUT2D eigenvalue weighted by Gasteiger charge is 2.09. The second kappa shape index (κ2) is 6.61. The molecule has 1 nitrogen and oxygen atoms in total. The van der Waals surface area contributed by atoms with Crippen LogP contribution in [0.1, 0.15) is 36.5 Å². The maximum Gasteiger partial charge on any atom is 0.0108 e. The molecule has 0 aromatic heterocycles. The molecule has 1 aromatic rings. The minimum atomic E-state index is 0.548. The molecule has 1 unspecified atom stereocenters. The fourth-order valence-corrected chi connectivity index (χ4v) is 2.05. The SMILES string of the molecule is C=C(C)CCC(Cc1cc(C)ccc1C)NC. The third kappa shape index (κ3) is 4.74. The normalized spacial score (nSPS) is 12.5. The number of likely N-dealkylation sites (N-methyl/N-ethyl adjacent to an activating group) is 1. The van der Waals surface area contributed by atoms with Gasteiger partial charge in [0.25, 0.3) is 0 Å². The second-order valence-electron chi connectivity index (χ2n) is 5.12. The van der Waals surface area contributed by atoms with Crippen molar-refractivity contribution in [3.05, 3.63) is 47.0 Å². The van der Waals surface area contributed by atoms with Crippen LogP contribution in [0.25, 0.3) is 0 Å². The van der Waals surface area contributed by atoms with E-state index in [0.29, 0.717) is 6.04 Å². The zero-order valence-electron chi connectivity index (χ0n) is 11.6. The van der Waals surface area contributed by atoms with E-state index >= 15 is 0 Å². The summed E-state index contributed by atoms with van der Waals surface area (Å²) >= 11 is 0. The molecule has 0 amide bonds. The third-order valence-corrected chi connectivity index (χ3v) is 3.30. The molecule has 1 aromatic carbocycles. The molecule has 0 radical (unpaired) electrons. The number of benzene rings is 1. The summed E-state index contributed by atoms with van der Waals surface area (Å²) in [5, 5.41) is 3.41. The lowest BCUT2D eigenvalue weighted by atomic mass is 9.96. The lowest BCUT2D eigenvalue weighted by molar-refractivity contribution is 0.518. The molecule has 1 atom stereocenters. The van der Waals surface area contributed by atoms with Gasteiger partial charge < -0.3 is 5.32 Å². The Balaban J connectivity index is 2.66. The van der Waals surface area contributed by atoms with Gasteiger partial charge in [0, 0.05) is 6.04 Å². The lowest BCUT2D eigenvalue weighted by Crippen LogP contribution is -2.27. The van der Waals surface area contributed by atoms with Crippen LogP contribution in [-0.4, -0.2) is 13.1 Å². The monoisotopic (exact) mass is 231 g/mol. The fourth-order valence-electron chi connectivity index (χ4n) is 2.05. The minimum absolute atomic E-state index is 0.548. The summed E-state index contributed by atoms with van der Waals surface area (Å²) < 4.78 is 0. The molecule has 1 N–H and O–H groups in total. The molecule has 1 heteroatoms. The van der Waals surface area contributed by atoms with Gasteiger partial charge >= 0.3 is 0 Å². The number of nitrogens with one attached hydrogen (secondary N) is 1. The Morgan fingerprint density at radius 2 is 2.06 bits per heavy atom. The van der Waals surface area contributed by atoms with Crippen molar-refractivity contribution in [3.63, 3.8) is 0 Å². The van der Waals surface area contributed by atoms with Gasteiger partial charge in [-0.2, -0.15) is 0 Å². The summed E-state index contributed by atoms with van der Waals surface area (Å²) in [4.78, 5) is 0. The van der Waals surface area contributed by atoms with Crippen LogP contribution in [0.5, 0.6) is 0 Å². The second-order valence-corrected chi connectivity index (χ2v) is 5.12. The molecule has 0 fully saturated rings. The Morgan fingerprint density at radius 3 is 2.65 bits per heavy atom. The topological polar surface area (TPSA) is 12.0 Å². The van der Waals surface area contributed by atoms with Gasteiger partial charge in [0.2, 0.25) is 0 Å². The van der Waals surface area contributed by atoms with Gasteiger partial charge in [0.05, 0.1) is 0 Å². The Morgan fingerprint density at radius 1 is 1.35 bits per heavy atom. The van der Waals surface area contributed by atoms with Gasteiger partial charge in [0.15, 0.2) is 0 Å². The molecule has 0 saturated heterocycles. The zero-order chi connectivity index (χ0) is 12.8. The van der Waals surface area contributed by atoms with Crippen molar-refractivity contribution in [1.82, 2.24) is 5.32 Å². The average molecular weight is 231 g/mol. The van der Waals surface area contributed by atoms with Crippen molar-refractivity contribution in [2.45, 2.75) is 46.1 Å². The molecule has 17 heavy (non-hydrogen) atoms. The first-order valence-corrected chi connectivity index (χ1v) is 6.40. The van der Waals surface area contributed by atoms with Crippen LogP contribution in [0.2, 0.25) is 0 Å².